The van der Waals surface area contributed by atoms with Gasteiger partial charge in [-0.3, -0.25) is 4.79 Å². The molecule has 0 unspecified atom stereocenters. The molecule has 1 N–H and O–H groups in total. The van der Waals surface area contributed by atoms with Gasteiger partial charge >= 0.3 is 0 Å². The van der Waals surface area contributed by atoms with E-state index in [0.29, 0.717) is 48.3 Å². The Morgan fingerprint density at radius 3 is 2.70 bits per heavy atom. The van der Waals surface area contributed by atoms with Gasteiger partial charge in [0.25, 0.3) is 15.9 Å². The number of fused-ring (bicyclic) bond motifs is 4. The fraction of sp³-hybridized carbons (Fsp3) is 0.333. The Kier molecular flexibility index (Phi) is 4.62. The minimum atomic E-state index is -3.84. The van der Waals surface area contributed by atoms with Crippen molar-refractivity contribution in [3.63, 3.8) is 0 Å². The maximum Gasteiger partial charge on any atom is 0.286 e. The largest absolute Gasteiger partial charge is 0.486 e. The normalized spacial score (nSPS) is 19.1. The van der Waals surface area contributed by atoms with Gasteiger partial charge in [0.15, 0.2) is 11.5 Å². The highest BCUT2D eigenvalue weighted by molar-refractivity contribution is 7.90. The zero-order valence-corrected chi connectivity index (χ0v) is 17.1. The Balaban J connectivity index is 1.44. The number of hydrogen-bond donors (Lipinski definition) is 1. The molecular formula is C21H21N3O5S. The molecule has 1 amide bonds. The van der Waals surface area contributed by atoms with Crippen LogP contribution in [-0.4, -0.2) is 39.9 Å². The first kappa shape index (κ1) is 18.9. The van der Waals surface area contributed by atoms with Crippen LogP contribution in [0.5, 0.6) is 11.5 Å². The van der Waals surface area contributed by atoms with Crippen LogP contribution in [-0.2, 0) is 10.0 Å². The van der Waals surface area contributed by atoms with Crippen LogP contribution < -0.4 is 19.7 Å². The molecule has 0 aliphatic carbocycles. The molecule has 2 aromatic carbocycles. The predicted octanol–water partition coefficient (Wildman–Crippen LogP) is 3.19. The Morgan fingerprint density at radius 2 is 1.83 bits per heavy atom. The van der Waals surface area contributed by atoms with Gasteiger partial charge in [-0.2, -0.15) is 8.42 Å². The highest BCUT2D eigenvalue weighted by Gasteiger charge is 2.32. The highest BCUT2D eigenvalue weighted by atomic mass is 32.2. The molecule has 0 aromatic heterocycles. The van der Waals surface area contributed by atoms with Crippen molar-refractivity contribution in [2.75, 3.05) is 30.0 Å². The number of hydrogen-bond acceptors (Lipinski definition) is 6. The van der Waals surface area contributed by atoms with E-state index in [-0.39, 0.29) is 10.5 Å². The summed E-state index contributed by atoms with van der Waals surface area (Å²) in [6.45, 7) is 1.67. The average Bonchev–Trinajstić information content (AvgIpc) is 2.98. The lowest BCUT2D eigenvalue weighted by Crippen LogP contribution is -2.35. The molecule has 30 heavy (non-hydrogen) atoms. The number of amidine groups is 1. The summed E-state index contributed by atoms with van der Waals surface area (Å²) in [5.41, 5.74) is 1.39. The molecule has 0 atom stereocenters. The molecule has 0 spiro atoms. The summed E-state index contributed by atoms with van der Waals surface area (Å²) in [7, 11) is -3.84. The fourth-order valence-electron chi connectivity index (χ4n) is 3.95. The monoisotopic (exact) mass is 427 g/mol. The number of nitrogens with zero attached hydrogens (tertiary/aromatic N) is 2. The summed E-state index contributed by atoms with van der Waals surface area (Å²) in [4.78, 5) is 14.8. The van der Waals surface area contributed by atoms with Crippen molar-refractivity contribution < 1.29 is 22.7 Å². The predicted molar refractivity (Wildman–Crippen MR) is 112 cm³/mol. The Labute approximate surface area is 174 Å². The maximum atomic E-state index is 12.8. The van der Waals surface area contributed by atoms with Gasteiger partial charge in [-0.15, -0.1) is 4.40 Å². The number of amides is 1. The van der Waals surface area contributed by atoms with Gasteiger partial charge in [0.1, 0.15) is 23.9 Å². The lowest BCUT2D eigenvalue weighted by Gasteiger charge is -2.29. The lowest BCUT2D eigenvalue weighted by atomic mass is 10.1. The number of rotatable bonds is 2. The van der Waals surface area contributed by atoms with E-state index in [1.54, 1.807) is 30.3 Å². The van der Waals surface area contributed by atoms with Crippen LogP contribution in [0.1, 0.15) is 36.0 Å². The first-order chi connectivity index (χ1) is 14.5. The summed E-state index contributed by atoms with van der Waals surface area (Å²) < 4.78 is 40.6. The summed E-state index contributed by atoms with van der Waals surface area (Å²) in [5, 5.41) is 2.79. The third-order valence-electron chi connectivity index (χ3n) is 5.41. The summed E-state index contributed by atoms with van der Waals surface area (Å²) in [6.07, 6.45) is 3.59. The van der Waals surface area contributed by atoms with E-state index >= 15 is 0 Å². The minimum absolute atomic E-state index is 0.0722. The lowest BCUT2D eigenvalue weighted by molar-refractivity contribution is 0.102. The SMILES string of the molecule is O=C(Nc1ccc2c(c1)OCCO2)c1ccc2c(c1)S(=O)(=O)N=C1CCCCCN12. The average molecular weight is 427 g/mol. The van der Waals surface area contributed by atoms with Crippen LogP contribution in [0.2, 0.25) is 0 Å². The van der Waals surface area contributed by atoms with Crippen LogP contribution >= 0.6 is 0 Å². The smallest absolute Gasteiger partial charge is 0.286 e. The Hall–Kier alpha value is -3.07. The standard InChI is InChI=1S/C21H21N3O5S/c25-21(22-15-6-8-17-18(13-15)29-11-10-28-17)14-5-7-16-19(12-14)30(26,27)23-20-4-2-1-3-9-24(16)20/h5-8,12-13H,1-4,9-11H2,(H,22,25). The van der Waals surface area contributed by atoms with E-state index in [0.717, 1.165) is 25.8 Å². The van der Waals surface area contributed by atoms with Crippen molar-refractivity contribution in [1.82, 2.24) is 0 Å². The number of benzene rings is 2. The van der Waals surface area contributed by atoms with Crippen molar-refractivity contribution in [3.8, 4) is 11.5 Å². The van der Waals surface area contributed by atoms with Gasteiger partial charge in [-0.1, -0.05) is 6.42 Å². The topological polar surface area (TPSA) is 97.3 Å². The van der Waals surface area contributed by atoms with Crippen molar-refractivity contribution in [3.05, 3.63) is 42.0 Å². The second-order valence-electron chi connectivity index (χ2n) is 7.44. The summed E-state index contributed by atoms with van der Waals surface area (Å²) in [5.74, 6) is 1.38. The van der Waals surface area contributed by atoms with Crippen LogP contribution in [0.4, 0.5) is 11.4 Å². The number of anilines is 2. The summed E-state index contributed by atoms with van der Waals surface area (Å²) >= 11 is 0. The van der Waals surface area contributed by atoms with E-state index in [1.165, 1.54) is 6.07 Å². The van der Waals surface area contributed by atoms with E-state index in [1.807, 2.05) is 4.90 Å². The molecule has 156 valence electrons. The second kappa shape index (κ2) is 7.32. The molecule has 0 radical (unpaired) electrons. The van der Waals surface area contributed by atoms with Crippen LogP contribution in [0.25, 0.3) is 0 Å². The molecule has 0 saturated carbocycles. The minimum Gasteiger partial charge on any atom is -0.486 e. The third kappa shape index (κ3) is 3.39. The van der Waals surface area contributed by atoms with Gasteiger partial charge in [-0.05, 0) is 43.2 Å². The Morgan fingerprint density at radius 1 is 1.00 bits per heavy atom. The number of ether oxygens (including phenoxy) is 2. The maximum absolute atomic E-state index is 12.8. The number of nitrogens with one attached hydrogen (secondary N) is 1. The zero-order valence-electron chi connectivity index (χ0n) is 16.3. The van der Waals surface area contributed by atoms with Crippen LogP contribution in [0.15, 0.2) is 45.7 Å². The molecule has 3 aliphatic heterocycles. The van der Waals surface area contributed by atoms with E-state index < -0.39 is 15.9 Å². The molecule has 5 rings (SSSR count). The van der Waals surface area contributed by atoms with Crippen molar-refractivity contribution in [2.24, 2.45) is 4.40 Å². The van der Waals surface area contributed by atoms with Crippen LogP contribution in [0.3, 0.4) is 0 Å². The van der Waals surface area contributed by atoms with Crippen molar-refractivity contribution in [2.45, 2.75) is 30.6 Å². The van der Waals surface area contributed by atoms with Gasteiger partial charge < -0.3 is 19.7 Å². The van der Waals surface area contributed by atoms with Crippen molar-refractivity contribution in [1.29, 1.82) is 0 Å². The molecular weight excluding hydrogens is 406 g/mol. The molecule has 8 nitrogen and oxygen atoms in total. The quantitative estimate of drug-likeness (QED) is 0.791. The second-order valence-corrected chi connectivity index (χ2v) is 9.01. The van der Waals surface area contributed by atoms with Gasteiger partial charge in [0, 0.05) is 30.3 Å². The molecule has 1 fully saturated rings. The highest BCUT2D eigenvalue weighted by Crippen LogP contribution is 2.36. The molecule has 0 bridgehead atoms. The Bertz CT molecular complexity index is 1160. The first-order valence-electron chi connectivity index (χ1n) is 9.98. The van der Waals surface area contributed by atoms with E-state index in [9.17, 15) is 13.2 Å². The van der Waals surface area contributed by atoms with Gasteiger partial charge in [0.2, 0.25) is 0 Å². The third-order valence-corrected chi connectivity index (χ3v) is 6.74. The zero-order chi connectivity index (χ0) is 20.7. The van der Waals surface area contributed by atoms with E-state index in [4.69, 9.17) is 9.47 Å². The molecule has 9 heteroatoms. The molecule has 1 saturated heterocycles. The van der Waals surface area contributed by atoms with Gasteiger partial charge in [-0.25, -0.2) is 0 Å². The van der Waals surface area contributed by atoms with Crippen LogP contribution in [0, 0.1) is 0 Å². The number of carbonyl (C=O) groups is 1. The molecule has 3 aliphatic rings. The van der Waals surface area contributed by atoms with E-state index in [2.05, 4.69) is 9.71 Å². The van der Waals surface area contributed by atoms with Gasteiger partial charge in [0.05, 0.1) is 5.69 Å². The molecule has 3 heterocycles. The van der Waals surface area contributed by atoms with Crippen molar-refractivity contribution >= 4 is 33.1 Å². The molecule has 2 aromatic rings. The number of carbonyl (C=O) groups excluding carboxylic acids is 1. The fourth-order valence-corrected chi connectivity index (χ4v) is 5.23. The number of sulfonamides is 1. The first-order valence-corrected chi connectivity index (χ1v) is 11.4. The summed E-state index contributed by atoms with van der Waals surface area (Å²) in [6, 6.07) is 9.89.